The van der Waals surface area contributed by atoms with E-state index in [-0.39, 0.29) is 5.70 Å². The first-order valence-corrected chi connectivity index (χ1v) is 6.97. The Balaban J connectivity index is 2.07. The van der Waals surface area contributed by atoms with Crippen molar-refractivity contribution in [1.29, 1.82) is 0 Å². The number of carbonyl (C=O) groups excluding carboxylic acids is 2. The maximum absolute atomic E-state index is 11.8. The fourth-order valence-electron chi connectivity index (χ4n) is 2.83. The van der Waals surface area contributed by atoms with Crippen molar-refractivity contribution in [2.24, 2.45) is 0 Å². The lowest BCUT2D eigenvalue weighted by molar-refractivity contribution is -0.115. The smallest absolute Gasteiger partial charge is 0.303 e. The van der Waals surface area contributed by atoms with Crippen LogP contribution in [0.15, 0.2) is 60.3 Å². The van der Waals surface area contributed by atoms with Gasteiger partial charge in [-0.05, 0) is 39.3 Å². The van der Waals surface area contributed by atoms with Gasteiger partial charge in [-0.25, -0.2) is 4.79 Å². The zero-order valence-corrected chi connectivity index (χ0v) is 11.6. The first-order chi connectivity index (χ1) is 10.7. The third-order valence-electron chi connectivity index (χ3n) is 3.82. The Labute approximate surface area is 126 Å². The molecule has 1 heterocycles. The SMILES string of the molecule is O=C1NC(=O)/C(=C/c2c3ccccc3cc3ccccc23)N1. The van der Waals surface area contributed by atoms with Crippen molar-refractivity contribution in [3.05, 3.63) is 65.9 Å². The Morgan fingerprint density at radius 1 is 0.773 bits per heavy atom. The number of imide groups is 1. The van der Waals surface area contributed by atoms with Crippen molar-refractivity contribution in [2.45, 2.75) is 0 Å². The number of fused-ring (bicyclic) bond motifs is 2. The molecule has 0 spiro atoms. The summed E-state index contributed by atoms with van der Waals surface area (Å²) in [6.45, 7) is 0. The van der Waals surface area contributed by atoms with Crippen LogP contribution in [-0.4, -0.2) is 11.9 Å². The molecule has 1 aliphatic rings. The Hall–Kier alpha value is -3.14. The van der Waals surface area contributed by atoms with Gasteiger partial charge in [-0.15, -0.1) is 0 Å². The number of benzene rings is 3. The molecule has 0 saturated carbocycles. The zero-order valence-electron chi connectivity index (χ0n) is 11.6. The molecule has 3 aromatic carbocycles. The van der Waals surface area contributed by atoms with Crippen LogP contribution >= 0.6 is 0 Å². The molecule has 4 rings (SSSR count). The van der Waals surface area contributed by atoms with Crippen LogP contribution in [0.4, 0.5) is 4.79 Å². The average molecular weight is 288 g/mol. The van der Waals surface area contributed by atoms with Gasteiger partial charge in [-0.2, -0.15) is 0 Å². The molecule has 1 aliphatic heterocycles. The molecule has 0 unspecified atom stereocenters. The van der Waals surface area contributed by atoms with Crippen LogP contribution in [0.2, 0.25) is 0 Å². The van der Waals surface area contributed by atoms with Gasteiger partial charge in [0.25, 0.3) is 5.91 Å². The van der Waals surface area contributed by atoms with E-state index in [9.17, 15) is 9.59 Å². The van der Waals surface area contributed by atoms with Crippen molar-refractivity contribution >= 4 is 39.6 Å². The minimum absolute atomic E-state index is 0.270. The van der Waals surface area contributed by atoms with E-state index in [0.717, 1.165) is 27.1 Å². The lowest BCUT2D eigenvalue weighted by Crippen LogP contribution is -2.22. The van der Waals surface area contributed by atoms with Gasteiger partial charge in [0.15, 0.2) is 0 Å². The Morgan fingerprint density at radius 3 is 1.91 bits per heavy atom. The second kappa shape index (κ2) is 4.70. The zero-order chi connectivity index (χ0) is 15.1. The van der Waals surface area contributed by atoms with E-state index in [2.05, 4.69) is 16.7 Å². The maximum atomic E-state index is 11.8. The summed E-state index contributed by atoms with van der Waals surface area (Å²) in [4.78, 5) is 23.1. The Morgan fingerprint density at radius 2 is 1.36 bits per heavy atom. The number of hydrogen-bond donors (Lipinski definition) is 2. The third-order valence-corrected chi connectivity index (χ3v) is 3.82. The molecule has 4 heteroatoms. The molecule has 22 heavy (non-hydrogen) atoms. The van der Waals surface area contributed by atoms with Crippen molar-refractivity contribution in [1.82, 2.24) is 10.6 Å². The number of nitrogens with one attached hydrogen (secondary N) is 2. The van der Waals surface area contributed by atoms with E-state index in [1.54, 1.807) is 6.08 Å². The number of rotatable bonds is 1. The maximum Gasteiger partial charge on any atom is 0.326 e. The highest BCUT2D eigenvalue weighted by Gasteiger charge is 2.23. The first-order valence-electron chi connectivity index (χ1n) is 6.97. The van der Waals surface area contributed by atoms with E-state index in [4.69, 9.17) is 0 Å². The minimum Gasteiger partial charge on any atom is -0.303 e. The molecule has 0 bridgehead atoms. The first kappa shape index (κ1) is 12.6. The van der Waals surface area contributed by atoms with Crippen molar-refractivity contribution in [3.63, 3.8) is 0 Å². The molecular formula is C18H12N2O2. The van der Waals surface area contributed by atoms with E-state index in [1.807, 2.05) is 48.5 Å². The largest absolute Gasteiger partial charge is 0.326 e. The summed E-state index contributed by atoms with van der Waals surface area (Å²) >= 11 is 0. The normalized spacial score (nSPS) is 16.3. The van der Waals surface area contributed by atoms with Crippen molar-refractivity contribution in [2.75, 3.05) is 0 Å². The van der Waals surface area contributed by atoms with E-state index in [0.29, 0.717) is 0 Å². The average Bonchev–Trinajstić information content (AvgIpc) is 2.84. The number of carbonyl (C=O) groups is 2. The molecule has 0 aliphatic carbocycles. The predicted molar refractivity (Wildman–Crippen MR) is 86.1 cm³/mol. The van der Waals surface area contributed by atoms with Crippen molar-refractivity contribution < 1.29 is 9.59 Å². The minimum atomic E-state index is -0.485. The lowest BCUT2D eigenvalue weighted by atomic mass is 9.96. The van der Waals surface area contributed by atoms with Crippen LogP contribution in [0.5, 0.6) is 0 Å². The van der Waals surface area contributed by atoms with Gasteiger partial charge in [0.1, 0.15) is 5.70 Å². The Bertz CT molecular complexity index is 919. The van der Waals surface area contributed by atoms with Gasteiger partial charge >= 0.3 is 6.03 Å². The van der Waals surface area contributed by atoms with Gasteiger partial charge in [0.2, 0.25) is 0 Å². The molecule has 1 fully saturated rings. The van der Waals surface area contributed by atoms with Gasteiger partial charge in [-0.3, -0.25) is 10.1 Å². The molecule has 4 nitrogen and oxygen atoms in total. The highest BCUT2D eigenvalue weighted by molar-refractivity contribution is 6.16. The third kappa shape index (κ3) is 1.93. The van der Waals surface area contributed by atoms with Crippen LogP contribution < -0.4 is 10.6 Å². The highest BCUT2D eigenvalue weighted by atomic mass is 16.2. The van der Waals surface area contributed by atoms with Gasteiger partial charge in [0, 0.05) is 0 Å². The van der Waals surface area contributed by atoms with Crippen LogP contribution in [0.1, 0.15) is 5.56 Å². The molecule has 0 radical (unpaired) electrons. The number of hydrogen-bond acceptors (Lipinski definition) is 2. The fraction of sp³-hybridized carbons (Fsp3) is 0. The summed E-state index contributed by atoms with van der Waals surface area (Å²) in [6.07, 6.45) is 1.74. The summed E-state index contributed by atoms with van der Waals surface area (Å²) in [5.74, 6) is -0.401. The van der Waals surface area contributed by atoms with Gasteiger partial charge in [-0.1, -0.05) is 48.5 Å². The lowest BCUT2D eigenvalue weighted by Gasteiger charge is -2.08. The molecular weight excluding hydrogens is 276 g/mol. The molecule has 1 saturated heterocycles. The topological polar surface area (TPSA) is 58.2 Å². The van der Waals surface area contributed by atoms with E-state index in [1.165, 1.54) is 0 Å². The molecule has 0 aromatic heterocycles. The second-order valence-corrected chi connectivity index (χ2v) is 5.20. The molecule has 106 valence electrons. The van der Waals surface area contributed by atoms with Crippen LogP contribution in [-0.2, 0) is 4.79 Å². The van der Waals surface area contributed by atoms with Gasteiger partial charge < -0.3 is 5.32 Å². The van der Waals surface area contributed by atoms with Crippen LogP contribution in [0.25, 0.3) is 27.6 Å². The van der Waals surface area contributed by atoms with Crippen LogP contribution in [0.3, 0.4) is 0 Å². The van der Waals surface area contributed by atoms with Crippen molar-refractivity contribution in [3.8, 4) is 0 Å². The summed E-state index contributed by atoms with van der Waals surface area (Å²) in [7, 11) is 0. The standard InChI is InChI=1S/C18H12N2O2/c21-17-16(19-18(22)20-17)10-15-13-7-3-1-5-11(13)9-12-6-2-4-8-14(12)15/h1-10H,(H2,19,20,21,22)/b16-10-. The van der Waals surface area contributed by atoms with E-state index < -0.39 is 11.9 Å². The number of urea groups is 1. The summed E-state index contributed by atoms with van der Waals surface area (Å²) in [6, 6.07) is 17.6. The van der Waals surface area contributed by atoms with Crippen LogP contribution in [0, 0.1) is 0 Å². The second-order valence-electron chi connectivity index (χ2n) is 5.20. The number of amides is 3. The summed E-state index contributed by atoms with van der Waals surface area (Å²) in [5.41, 5.74) is 1.20. The molecule has 2 N–H and O–H groups in total. The van der Waals surface area contributed by atoms with E-state index >= 15 is 0 Å². The summed E-state index contributed by atoms with van der Waals surface area (Å²) in [5, 5.41) is 9.05. The van der Waals surface area contributed by atoms with Gasteiger partial charge in [0.05, 0.1) is 0 Å². The quantitative estimate of drug-likeness (QED) is 0.410. The monoisotopic (exact) mass is 288 g/mol. The fourth-order valence-corrected chi connectivity index (χ4v) is 2.83. The molecule has 3 amide bonds. The molecule has 0 atom stereocenters. The highest BCUT2D eigenvalue weighted by Crippen LogP contribution is 2.30. The molecule has 3 aromatic rings. The summed E-state index contributed by atoms with van der Waals surface area (Å²) < 4.78 is 0. The Kier molecular flexibility index (Phi) is 2.69. The predicted octanol–water partition coefficient (Wildman–Crippen LogP) is 3.17.